The molecule has 19 heavy (non-hydrogen) atoms. The average Bonchev–Trinajstić information content (AvgIpc) is 2.77. The molecule has 0 unspecified atom stereocenters. The lowest BCUT2D eigenvalue weighted by atomic mass is 10.1. The third-order valence-corrected chi connectivity index (χ3v) is 5.26. The van der Waals surface area contributed by atoms with Crippen molar-refractivity contribution in [2.45, 2.75) is 13.1 Å². The van der Waals surface area contributed by atoms with Crippen LogP contribution >= 0.6 is 43.2 Å². The van der Waals surface area contributed by atoms with Crippen LogP contribution in [0.2, 0.25) is 0 Å². The maximum atomic E-state index is 10.8. The minimum atomic E-state index is -0.914. The van der Waals surface area contributed by atoms with Crippen LogP contribution in [0.4, 0.5) is 0 Å². The summed E-state index contributed by atoms with van der Waals surface area (Å²) in [7, 11) is 0. The Hall–Kier alpha value is -0.690. The van der Waals surface area contributed by atoms with Crippen molar-refractivity contribution in [2.24, 2.45) is 0 Å². The summed E-state index contributed by atoms with van der Waals surface area (Å²) in [6.45, 7) is 1.47. The molecule has 2 N–H and O–H groups in total. The molecular weight excluding hydrogens is 394 g/mol. The van der Waals surface area contributed by atoms with Crippen LogP contribution in [0.3, 0.4) is 0 Å². The Bertz CT molecular complexity index is 598. The first-order chi connectivity index (χ1) is 9.08. The molecule has 0 fully saturated rings. The van der Waals surface area contributed by atoms with Crippen molar-refractivity contribution in [3.63, 3.8) is 0 Å². The number of hydrogen-bond acceptors (Lipinski definition) is 3. The third-order valence-electron chi connectivity index (χ3n) is 2.59. The van der Waals surface area contributed by atoms with Gasteiger partial charge >= 0.3 is 5.97 Å². The van der Waals surface area contributed by atoms with Gasteiger partial charge < -0.3 is 10.4 Å². The lowest BCUT2D eigenvalue weighted by Gasteiger charge is -2.07. The molecule has 0 spiro atoms. The zero-order valence-corrected chi connectivity index (χ0v) is 13.8. The van der Waals surface area contributed by atoms with Gasteiger partial charge in [-0.1, -0.05) is 22.0 Å². The number of carboxylic acids is 1. The van der Waals surface area contributed by atoms with Gasteiger partial charge in [0.15, 0.2) is 0 Å². The second-order valence-corrected chi connectivity index (χ2v) is 6.62. The van der Waals surface area contributed by atoms with Crippen molar-refractivity contribution in [1.29, 1.82) is 0 Å². The summed E-state index contributed by atoms with van der Waals surface area (Å²) in [6, 6.07) is 7.09. The molecule has 2 rings (SSSR count). The summed E-state index contributed by atoms with van der Waals surface area (Å²) in [5.41, 5.74) is 1.33. The van der Waals surface area contributed by atoms with Crippen molar-refractivity contribution in [3.05, 3.63) is 54.6 Å². The number of aromatic carboxylic acids is 1. The maximum Gasteiger partial charge on any atom is 0.335 e. The zero-order valence-electron chi connectivity index (χ0n) is 9.82. The van der Waals surface area contributed by atoms with Crippen LogP contribution in [0.25, 0.3) is 0 Å². The van der Waals surface area contributed by atoms with E-state index in [0.29, 0.717) is 6.54 Å². The Balaban J connectivity index is 1.96. The molecule has 1 aromatic heterocycles. The molecule has 0 amide bonds. The lowest BCUT2D eigenvalue weighted by Crippen LogP contribution is -2.12. The molecule has 0 saturated carbocycles. The van der Waals surface area contributed by atoms with E-state index < -0.39 is 5.97 Å². The SMILES string of the molecule is O=C(O)c1ccc(CNCc2sccc2Br)c(Br)c1. The van der Waals surface area contributed by atoms with E-state index >= 15 is 0 Å². The van der Waals surface area contributed by atoms with Gasteiger partial charge in [0.2, 0.25) is 0 Å². The van der Waals surface area contributed by atoms with Gasteiger partial charge in [-0.3, -0.25) is 0 Å². The van der Waals surface area contributed by atoms with Gasteiger partial charge in [-0.15, -0.1) is 11.3 Å². The van der Waals surface area contributed by atoms with Crippen LogP contribution < -0.4 is 5.32 Å². The minimum absolute atomic E-state index is 0.289. The lowest BCUT2D eigenvalue weighted by molar-refractivity contribution is 0.0697. The molecule has 0 atom stereocenters. The molecule has 0 radical (unpaired) electrons. The Morgan fingerprint density at radius 3 is 2.58 bits per heavy atom. The van der Waals surface area contributed by atoms with Crippen LogP contribution in [0, 0.1) is 0 Å². The fourth-order valence-electron chi connectivity index (χ4n) is 1.59. The van der Waals surface area contributed by atoms with Gasteiger partial charge in [-0.05, 0) is 45.1 Å². The zero-order chi connectivity index (χ0) is 13.8. The van der Waals surface area contributed by atoms with Gasteiger partial charge in [0.1, 0.15) is 0 Å². The fraction of sp³-hybridized carbons (Fsp3) is 0.154. The highest BCUT2D eigenvalue weighted by Crippen LogP contribution is 2.23. The molecule has 1 heterocycles. The molecule has 0 aliphatic rings. The summed E-state index contributed by atoms with van der Waals surface area (Å²) in [6.07, 6.45) is 0. The highest BCUT2D eigenvalue weighted by Gasteiger charge is 2.07. The number of nitrogens with one attached hydrogen (secondary N) is 1. The number of benzene rings is 1. The van der Waals surface area contributed by atoms with E-state index in [1.54, 1.807) is 23.5 Å². The van der Waals surface area contributed by atoms with Crippen molar-refractivity contribution in [2.75, 3.05) is 0 Å². The number of carboxylic acid groups (broad SMARTS) is 1. The largest absolute Gasteiger partial charge is 0.478 e. The summed E-state index contributed by atoms with van der Waals surface area (Å²) in [5, 5.41) is 14.3. The van der Waals surface area contributed by atoms with Crippen molar-refractivity contribution in [3.8, 4) is 0 Å². The van der Waals surface area contributed by atoms with E-state index in [2.05, 4.69) is 37.2 Å². The second-order valence-electron chi connectivity index (χ2n) is 3.91. The first-order valence-electron chi connectivity index (χ1n) is 5.52. The topological polar surface area (TPSA) is 49.3 Å². The van der Waals surface area contributed by atoms with Gasteiger partial charge in [0.25, 0.3) is 0 Å². The number of thiophene rings is 1. The Labute approximate surface area is 131 Å². The highest BCUT2D eigenvalue weighted by molar-refractivity contribution is 9.10. The van der Waals surface area contributed by atoms with Crippen LogP contribution in [0.15, 0.2) is 38.6 Å². The number of hydrogen-bond donors (Lipinski definition) is 2. The average molecular weight is 405 g/mol. The predicted octanol–water partition coefficient (Wildman–Crippen LogP) is 4.26. The van der Waals surface area contributed by atoms with Gasteiger partial charge in [0.05, 0.1) is 5.56 Å². The summed E-state index contributed by atoms with van der Waals surface area (Å²) in [5.74, 6) is -0.914. The van der Waals surface area contributed by atoms with E-state index in [0.717, 1.165) is 21.1 Å². The monoisotopic (exact) mass is 403 g/mol. The number of carbonyl (C=O) groups is 1. The Morgan fingerprint density at radius 2 is 2.00 bits per heavy atom. The van der Waals surface area contributed by atoms with Crippen LogP contribution in [-0.2, 0) is 13.1 Å². The van der Waals surface area contributed by atoms with Gasteiger partial charge in [0, 0.05) is 26.9 Å². The highest BCUT2D eigenvalue weighted by atomic mass is 79.9. The summed E-state index contributed by atoms with van der Waals surface area (Å²) < 4.78 is 1.93. The molecule has 0 aliphatic carbocycles. The molecule has 0 bridgehead atoms. The van der Waals surface area contributed by atoms with E-state index in [1.807, 2.05) is 17.5 Å². The first-order valence-corrected chi connectivity index (χ1v) is 7.99. The number of halogens is 2. The smallest absolute Gasteiger partial charge is 0.335 e. The quantitative estimate of drug-likeness (QED) is 0.782. The van der Waals surface area contributed by atoms with E-state index in [1.165, 1.54) is 4.88 Å². The third kappa shape index (κ3) is 3.89. The van der Waals surface area contributed by atoms with Crippen LogP contribution in [0.1, 0.15) is 20.8 Å². The normalized spacial score (nSPS) is 10.6. The standard InChI is InChI=1S/C13H11Br2NO2S/c14-10-3-4-19-12(10)7-16-6-9-2-1-8(13(17)18)5-11(9)15/h1-5,16H,6-7H2,(H,17,18). The molecule has 2 aromatic rings. The second kappa shape index (κ2) is 6.65. The first kappa shape index (κ1) is 14.7. The fourth-order valence-corrected chi connectivity index (χ4v) is 3.57. The van der Waals surface area contributed by atoms with Crippen LogP contribution in [-0.4, -0.2) is 11.1 Å². The maximum absolute atomic E-state index is 10.8. The van der Waals surface area contributed by atoms with Crippen molar-refractivity contribution >= 4 is 49.2 Å². The molecule has 6 heteroatoms. The summed E-state index contributed by atoms with van der Waals surface area (Å²) in [4.78, 5) is 12.1. The molecule has 100 valence electrons. The van der Waals surface area contributed by atoms with Gasteiger partial charge in [-0.2, -0.15) is 0 Å². The molecular formula is C13H11Br2NO2S. The Morgan fingerprint density at radius 1 is 1.21 bits per heavy atom. The van der Waals surface area contributed by atoms with E-state index in [-0.39, 0.29) is 5.56 Å². The van der Waals surface area contributed by atoms with Crippen molar-refractivity contribution in [1.82, 2.24) is 5.32 Å². The molecule has 3 nitrogen and oxygen atoms in total. The molecule has 1 aromatic carbocycles. The Kier molecular flexibility index (Phi) is 5.15. The van der Waals surface area contributed by atoms with E-state index in [4.69, 9.17) is 5.11 Å². The number of rotatable bonds is 5. The van der Waals surface area contributed by atoms with Crippen LogP contribution in [0.5, 0.6) is 0 Å². The predicted molar refractivity (Wildman–Crippen MR) is 83.7 cm³/mol. The summed E-state index contributed by atoms with van der Waals surface area (Å²) >= 11 is 8.58. The minimum Gasteiger partial charge on any atom is -0.478 e. The van der Waals surface area contributed by atoms with E-state index in [9.17, 15) is 4.79 Å². The molecule has 0 saturated heterocycles. The van der Waals surface area contributed by atoms with Crippen molar-refractivity contribution < 1.29 is 9.90 Å². The molecule has 0 aliphatic heterocycles. The van der Waals surface area contributed by atoms with Gasteiger partial charge in [-0.25, -0.2) is 4.79 Å².